The van der Waals surface area contributed by atoms with Gasteiger partial charge in [0.1, 0.15) is 5.60 Å². The fourth-order valence-electron chi connectivity index (χ4n) is 2.00. The van der Waals surface area contributed by atoms with Crippen molar-refractivity contribution in [3.8, 4) is 0 Å². The maximum atomic E-state index is 12.3. The van der Waals surface area contributed by atoms with Crippen LogP contribution < -0.4 is 0 Å². The topological polar surface area (TPSA) is 26.3 Å². The van der Waals surface area contributed by atoms with Crippen LogP contribution in [0, 0.1) is 0 Å². The van der Waals surface area contributed by atoms with Gasteiger partial charge in [-0.25, -0.2) is 0 Å². The van der Waals surface area contributed by atoms with E-state index in [0.717, 1.165) is 5.56 Å². The van der Waals surface area contributed by atoms with Gasteiger partial charge in [-0.3, -0.25) is 4.79 Å². The van der Waals surface area contributed by atoms with Crippen LogP contribution in [0.25, 0.3) is 0 Å². The number of allylic oxidation sites excluding steroid dienone is 2. The summed E-state index contributed by atoms with van der Waals surface area (Å²) in [7, 11) is 1.59. The number of carbonyl (C=O) groups excluding carboxylic acids is 1. The first-order chi connectivity index (χ1) is 8.27. The van der Waals surface area contributed by atoms with Gasteiger partial charge in [-0.2, -0.15) is 0 Å². The predicted molar refractivity (Wildman–Crippen MR) is 67.8 cm³/mol. The van der Waals surface area contributed by atoms with Gasteiger partial charge in [0.2, 0.25) is 0 Å². The predicted octanol–water partition coefficient (Wildman–Crippen LogP) is 2.70. The molecule has 0 aromatic heterocycles. The fraction of sp³-hybridized carbons (Fsp3) is 0.267. The Morgan fingerprint density at radius 3 is 2.65 bits per heavy atom. The molecule has 0 heterocycles. The number of ether oxygens (including phenoxy) is 1. The maximum absolute atomic E-state index is 12.3. The molecule has 2 heteroatoms. The van der Waals surface area contributed by atoms with Crippen LogP contribution >= 0.6 is 0 Å². The van der Waals surface area contributed by atoms with Crippen molar-refractivity contribution in [2.75, 3.05) is 7.11 Å². The van der Waals surface area contributed by atoms with Gasteiger partial charge >= 0.3 is 0 Å². The molecule has 1 aliphatic rings. The van der Waals surface area contributed by atoms with Crippen LogP contribution in [-0.4, -0.2) is 18.5 Å². The quantitative estimate of drug-likeness (QED) is 0.792. The first-order valence-corrected chi connectivity index (χ1v) is 5.73. The minimum Gasteiger partial charge on any atom is -0.366 e. The SMILES string of the molecule is COC1(C(=O)Cc2ccccc2)C=CC=CC1. The molecule has 0 amide bonds. The lowest BCUT2D eigenvalue weighted by Gasteiger charge is -2.28. The average Bonchev–Trinajstić information content (AvgIpc) is 2.40. The van der Waals surface area contributed by atoms with E-state index in [0.29, 0.717) is 12.8 Å². The second-order valence-corrected chi connectivity index (χ2v) is 4.17. The minimum absolute atomic E-state index is 0.104. The molecule has 1 aromatic rings. The molecule has 0 bridgehead atoms. The van der Waals surface area contributed by atoms with Gasteiger partial charge in [-0.15, -0.1) is 0 Å². The molecule has 2 nitrogen and oxygen atoms in total. The maximum Gasteiger partial charge on any atom is 0.173 e. The van der Waals surface area contributed by atoms with Gasteiger partial charge < -0.3 is 4.74 Å². The van der Waals surface area contributed by atoms with Crippen LogP contribution in [0.5, 0.6) is 0 Å². The lowest BCUT2D eigenvalue weighted by Crippen LogP contribution is -2.40. The third-order valence-electron chi connectivity index (χ3n) is 3.08. The van der Waals surface area contributed by atoms with Crippen molar-refractivity contribution in [3.63, 3.8) is 0 Å². The van der Waals surface area contributed by atoms with E-state index >= 15 is 0 Å². The molecule has 1 aromatic carbocycles. The van der Waals surface area contributed by atoms with Gasteiger partial charge in [0.25, 0.3) is 0 Å². The summed E-state index contributed by atoms with van der Waals surface area (Å²) in [5.41, 5.74) is 0.252. The Kier molecular flexibility index (Phi) is 3.55. The highest BCUT2D eigenvalue weighted by molar-refractivity contribution is 5.91. The van der Waals surface area contributed by atoms with Crippen molar-refractivity contribution >= 4 is 5.78 Å². The summed E-state index contributed by atoms with van der Waals surface area (Å²) >= 11 is 0. The van der Waals surface area contributed by atoms with E-state index in [-0.39, 0.29) is 5.78 Å². The zero-order valence-corrected chi connectivity index (χ0v) is 9.93. The van der Waals surface area contributed by atoms with E-state index in [1.165, 1.54) is 0 Å². The smallest absolute Gasteiger partial charge is 0.173 e. The lowest BCUT2D eigenvalue weighted by molar-refractivity contribution is -0.134. The first-order valence-electron chi connectivity index (χ1n) is 5.73. The van der Waals surface area contributed by atoms with E-state index in [1.807, 2.05) is 54.6 Å². The summed E-state index contributed by atoms with van der Waals surface area (Å²) in [6, 6.07) is 9.76. The Morgan fingerprint density at radius 1 is 1.29 bits per heavy atom. The third-order valence-corrected chi connectivity index (χ3v) is 3.08. The molecule has 2 rings (SSSR count). The number of benzene rings is 1. The number of ketones is 1. The first kappa shape index (κ1) is 11.8. The van der Waals surface area contributed by atoms with Crippen molar-refractivity contribution in [1.82, 2.24) is 0 Å². The molecule has 1 atom stereocenters. The summed E-state index contributed by atoms with van der Waals surface area (Å²) in [6.45, 7) is 0. The number of rotatable bonds is 4. The summed E-state index contributed by atoms with van der Waals surface area (Å²) in [5, 5.41) is 0. The Hall–Kier alpha value is -1.67. The molecule has 1 aliphatic carbocycles. The van der Waals surface area contributed by atoms with Crippen molar-refractivity contribution < 1.29 is 9.53 Å². The molecule has 0 fully saturated rings. The molecular formula is C15H16O2. The minimum atomic E-state index is -0.773. The van der Waals surface area contributed by atoms with Crippen LogP contribution in [0.3, 0.4) is 0 Å². The number of hydrogen-bond acceptors (Lipinski definition) is 2. The lowest BCUT2D eigenvalue weighted by atomic mass is 9.87. The van der Waals surface area contributed by atoms with Gasteiger partial charge in [-0.05, 0) is 11.6 Å². The molecule has 0 N–H and O–H groups in total. The summed E-state index contributed by atoms with van der Waals surface area (Å²) in [6.07, 6.45) is 8.64. The highest BCUT2D eigenvalue weighted by Crippen LogP contribution is 2.24. The largest absolute Gasteiger partial charge is 0.366 e. The molecule has 0 spiro atoms. The average molecular weight is 228 g/mol. The van der Waals surface area contributed by atoms with Crippen LogP contribution in [0.15, 0.2) is 54.6 Å². The molecule has 0 aliphatic heterocycles. The molecular weight excluding hydrogens is 212 g/mol. The second-order valence-electron chi connectivity index (χ2n) is 4.17. The van der Waals surface area contributed by atoms with Crippen LogP contribution in [0.2, 0.25) is 0 Å². The van der Waals surface area contributed by atoms with Crippen LogP contribution in [-0.2, 0) is 16.0 Å². The monoisotopic (exact) mass is 228 g/mol. The number of methoxy groups -OCH3 is 1. The van der Waals surface area contributed by atoms with Crippen molar-refractivity contribution in [2.45, 2.75) is 18.4 Å². The molecule has 0 saturated carbocycles. The normalized spacial score (nSPS) is 22.6. The van der Waals surface area contributed by atoms with Gasteiger partial charge in [0.05, 0.1) is 0 Å². The van der Waals surface area contributed by atoms with Gasteiger partial charge in [-0.1, -0.05) is 48.6 Å². The summed E-state index contributed by atoms with van der Waals surface area (Å²) in [4.78, 5) is 12.3. The van der Waals surface area contributed by atoms with E-state index in [2.05, 4.69) is 0 Å². The van der Waals surface area contributed by atoms with Crippen molar-refractivity contribution in [2.24, 2.45) is 0 Å². The standard InChI is InChI=1S/C15H16O2/c1-17-15(10-6-3-7-11-15)14(16)12-13-8-4-2-5-9-13/h2-10H,11-12H2,1H3. The number of hydrogen-bond donors (Lipinski definition) is 0. The molecule has 0 saturated heterocycles. The van der Waals surface area contributed by atoms with Gasteiger partial charge in [0, 0.05) is 20.0 Å². The van der Waals surface area contributed by atoms with E-state index < -0.39 is 5.60 Å². The van der Waals surface area contributed by atoms with E-state index in [9.17, 15) is 4.79 Å². The number of Topliss-reactive ketones (excluding diaryl/α,β-unsaturated/α-hetero) is 1. The third kappa shape index (κ3) is 2.53. The highest BCUT2D eigenvalue weighted by Gasteiger charge is 2.34. The molecule has 17 heavy (non-hydrogen) atoms. The highest BCUT2D eigenvalue weighted by atomic mass is 16.5. The van der Waals surface area contributed by atoms with Crippen LogP contribution in [0.1, 0.15) is 12.0 Å². The Balaban J connectivity index is 2.14. The Morgan fingerprint density at radius 2 is 2.06 bits per heavy atom. The number of carbonyl (C=O) groups is 1. The Labute approximate surface area is 102 Å². The van der Waals surface area contributed by atoms with Gasteiger partial charge in [0.15, 0.2) is 5.78 Å². The summed E-state index contributed by atoms with van der Waals surface area (Å²) in [5.74, 6) is 0.104. The molecule has 0 radical (unpaired) electrons. The zero-order valence-electron chi connectivity index (χ0n) is 9.93. The van der Waals surface area contributed by atoms with E-state index in [4.69, 9.17) is 4.74 Å². The summed E-state index contributed by atoms with van der Waals surface area (Å²) < 4.78 is 5.43. The molecule has 88 valence electrons. The second kappa shape index (κ2) is 5.11. The molecule has 1 unspecified atom stereocenters. The van der Waals surface area contributed by atoms with Crippen molar-refractivity contribution in [3.05, 3.63) is 60.2 Å². The fourth-order valence-corrected chi connectivity index (χ4v) is 2.00. The van der Waals surface area contributed by atoms with Crippen molar-refractivity contribution in [1.29, 1.82) is 0 Å². The van der Waals surface area contributed by atoms with E-state index in [1.54, 1.807) is 7.11 Å². The van der Waals surface area contributed by atoms with Crippen LogP contribution in [0.4, 0.5) is 0 Å². The zero-order chi connectivity index (χ0) is 12.1. The Bertz CT molecular complexity index is 445.